The molecule has 0 unspecified atom stereocenters. The second-order valence-electron chi connectivity index (χ2n) is 8.17. The van der Waals surface area contributed by atoms with Gasteiger partial charge < -0.3 is 28.9 Å². The van der Waals surface area contributed by atoms with E-state index in [-0.39, 0.29) is 16.5 Å². The van der Waals surface area contributed by atoms with Crippen LogP contribution in [0.3, 0.4) is 0 Å². The third-order valence-corrected chi connectivity index (χ3v) is 6.23. The monoisotopic (exact) mass is 454 g/mol. The molecule has 2 saturated heterocycles. The van der Waals surface area contributed by atoms with Gasteiger partial charge in [-0.15, -0.1) is 0 Å². The lowest BCUT2D eigenvalue weighted by atomic mass is 10.1. The number of anilines is 2. The van der Waals surface area contributed by atoms with E-state index in [4.69, 9.17) is 14.2 Å². The fourth-order valence-corrected chi connectivity index (χ4v) is 4.45. The number of carbonyl (C=O) groups is 1. The van der Waals surface area contributed by atoms with E-state index in [0.717, 1.165) is 5.69 Å². The maximum atomic E-state index is 13.0. The van der Waals surface area contributed by atoms with Gasteiger partial charge in [0.25, 0.3) is 11.6 Å². The van der Waals surface area contributed by atoms with Crippen molar-refractivity contribution < 1.29 is 23.9 Å². The minimum atomic E-state index is -0.335. The van der Waals surface area contributed by atoms with Crippen LogP contribution in [0.15, 0.2) is 36.4 Å². The Balaban J connectivity index is 1.28. The minimum Gasteiger partial charge on any atom is -0.486 e. The van der Waals surface area contributed by atoms with E-state index >= 15 is 0 Å². The van der Waals surface area contributed by atoms with Crippen LogP contribution < -0.4 is 19.3 Å². The first-order chi connectivity index (χ1) is 16.1. The predicted molar refractivity (Wildman–Crippen MR) is 122 cm³/mol. The van der Waals surface area contributed by atoms with Gasteiger partial charge >= 0.3 is 0 Å². The largest absolute Gasteiger partial charge is 0.486 e. The number of piperazine rings is 1. The van der Waals surface area contributed by atoms with E-state index in [0.29, 0.717) is 88.4 Å². The maximum absolute atomic E-state index is 13.0. The van der Waals surface area contributed by atoms with Crippen molar-refractivity contribution in [1.29, 1.82) is 0 Å². The van der Waals surface area contributed by atoms with Crippen molar-refractivity contribution in [2.45, 2.75) is 0 Å². The molecule has 0 aliphatic carbocycles. The van der Waals surface area contributed by atoms with Gasteiger partial charge in [-0.25, -0.2) is 0 Å². The molecule has 3 aliphatic heterocycles. The zero-order valence-electron chi connectivity index (χ0n) is 18.3. The molecule has 0 saturated carbocycles. The third kappa shape index (κ3) is 4.38. The molecule has 0 atom stereocenters. The molecule has 2 fully saturated rings. The molecular weight excluding hydrogens is 428 g/mol. The molecule has 3 heterocycles. The summed E-state index contributed by atoms with van der Waals surface area (Å²) in [4.78, 5) is 30.3. The predicted octanol–water partition coefficient (Wildman–Crippen LogP) is 2.17. The number of amides is 1. The highest BCUT2D eigenvalue weighted by Crippen LogP contribution is 2.34. The number of hydrogen-bond acceptors (Lipinski definition) is 8. The zero-order valence-corrected chi connectivity index (χ0v) is 18.3. The lowest BCUT2D eigenvalue weighted by Crippen LogP contribution is -2.48. The Kier molecular flexibility index (Phi) is 5.91. The van der Waals surface area contributed by atoms with E-state index in [1.54, 1.807) is 30.3 Å². The van der Waals surface area contributed by atoms with Crippen molar-refractivity contribution in [2.75, 3.05) is 75.5 Å². The first kappa shape index (κ1) is 21.3. The molecule has 0 spiro atoms. The highest BCUT2D eigenvalue weighted by atomic mass is 16.6. The molecule has 2 aromatic carbocycles. The van der Waals surface area contributed by atoms with Gasteiger partial charge in [0.1, 0.15) is 18.9 Å². The van der Waals surface area contributed by atoms with Crippen molar-refractivity contribution in [3.63, 3.8) is 0 Å². The molecule has 1 amide bonds. The SMILES string of the molecule is O=C(c1ccc2c(c1)OCCO2)N1CCN(c2ccc([N+](=O)[O-])c(N3CCOCC3)c2)CC1. The summed E-state index contributed by atoms with van der Waals surface area (Å²) >= 11 is 0. The molecule has 3 aliphatic rings. The number of fused-ring (bicyclic) bond motifs is 1. The Bertz CT molecular complexity index is 1050. The number of rotatable bonds is 4. The van der Waals surface area contributed by atoms with Crippen molar-refractivity contribution in [2.24, 2.45) is 0 Å². The standard InChI is InChI=1S/C23H26N4O6/c28-23(17-1-4-21-22(15-17)33-14-13-32-21)26-7-5-24(6-8-26)18-2-3-19(27(29)30)20(16-18)25-9-11-31-12-10-25/h1-4,15-16H,5-14H2. The van der Waals surface area contributed by atoms with E-state index in [2.05, 4.69) is 4.90 Å². The quantitative estimate of drug-likeness (QED) is 0.512. The first-order valence-corrected chi connectivity index (χ1v) is 11.2. The van der Waals surface area contributed by atoms with Gasteiger partial charge in [0.2, 0.25) is 0 Å². The van der Waals surface area contributed by atoms with E-state index in [9.17, 15) is 14.9 Å². The van der Waals surface area contributed by atoms with Gasteiger partial charge in [-0.3, -0.25) is 14.9 Å². The van der Waals surface area contributed by atoms with Crippen LogP contribution in [-0.4, -0.2) is 81.4 Å². The molecule has 10 heteroatoms. The molecule has 0 radical (unpaired) electrons. The smallest absolute Gasteiger partial charge is 0.292 e. The van der Waals surface area contributed by atoms with Crippen LogP contribution in [0.2, 0.25) is 0 Å². The molecule has 10 nitrogen and oxygen atoms in total. The molecule has 5 rings (SSSR count). The molecule has 174 valence electrons. The number of nitro benzene ring substituents is 1. The fourth-order valence-electron chi connectivity index (χ4n) is 4.45. The molecule has 0 aromatic heterocycles. The van der Waals surface area contributed by atoms with Crippen LogP contribution in [0.25, 0.3) is 0 Å². The highest BCUT2D eigenvalue weighted by Gasteiger charge is 2.27. The zero-order chi connectivity index (χ0) is 22.8. The number of hydrogen-bond donors (Lipinski definition) is 0. The van der Waals surface area contributed by atoms with Gasteiger partial charge in [0, 0.05) is 56.6 Å². The van der Waals surface area contributed by atoms with E-state index in [1.165, 1.54) is 0 Å². The number of nitrogens with zero attached hydrogens (tertiary/aromatic N) is 4. The summed E-state index contributed by atoms with van der Waals surface area (Å²) in [5.41, 5.74) is 2.23. The Morgan fingerprint density at radius 3 is 2.27 bits per heavy atom. The van der Waals surface area contributed by atoms with Gasteiger partial charge in [-0.05, 0) is 30.3 Å². The fraction of sp³-hybridized carbons (Fsp3) is 0.435. The number of carbonyl (C=O) groups excluding carboxylic acids is 1. The topological polar surface area (TPSA) is 97.6 Å². The normalized spacial score (nSPS) is 18.2. The van der Waals surface area contributed by atoms with Crippen LogP contribution >= 0.6 is 0 Å². The number of morpholine rings is 1. The second-order valence-corrected chi connectivity index (χ2v) is 8.17. The summed E-state index contributed by atoms with van der Waals surface area (Å²) in [6.07, 6.45) is 0. The summed E-state index contributed by atoms with van der Waals surface area (Å²) in [6, 6.07) is 10.6. The van der Waals surface area contributed by atoms with Crippen LogP contribution in [0, 0.1) is 10.1 Å². The average molecular weight is 454 g/mol. The van der Waals surface area contributed by atoms with Gasteiger partial charge in [0.05, 0.1) is 18.1 Å². The molecular formula is C23H26N4O6. The minimum absolute atomic E-state index is 0.0377. The summed E-state index contributed by atoms with van der Waals surface area (Å²) in [5.74, 6) is 1.23. The highest BCUT2D eigenvalue weighted by molar-refractivity contribution is 5.95. The van der Waals surface area contributed by atoms with Crippen molar-refractivity contribution in [3.05, 3.63) is 52.1 Å². The van der Waals surface area contributed by atoms with Crippen LogP contribution in [0.4, 0.5) is 17.1 Å². The molecule has 2 aromatic rings. The average Bonchev–Trinajstić information content (AvgIpc) is 2.88. The van der Waals surface area contributed by atoms with Gasteiger partial charge in [-0.1, -0.05) is 0 Å². The number of nitro groups is 1. The Hall–Kier alpha value is -3.53. The molecule has 0 bridgehead atoms. The van der Waals surface area contributed by atoms with Crippen molar-refractivity contribution in [1.82, 2.24) is 4.90 Å². The van der Waals surface area contributed by atoms with Gasteiger partial charge in [-0.2, -0.15) is 0 Å². The summed E-state index contributed by atoms with van der Waals surface area (Å²) in [6.45, 7) is 5.79. The van der Waals surface area contributed by atoms with E-state index < -0.39 is 0 Å². The molecule has 0 N–H and O–H groups in total. The van der Waals surface area contributed by atoms with Crippen molar-refractivity contribution >= 4 is 23.0 Å². The summed E-state index contributed by atoms with van der Waals surface area (Å²) < 4.78 is 16.5. The number of benzene rings is 2. The first-order valence-electron chi connectivity index (χ1n) is 11.2. The second kappa shape index (κ2) is 9.14. The summed E-state index contributed by atoms with van der Waals surface area (Å²) in [5, 5.41) is 11.6. The lowest BCUT2D eigenvalue weighted by molar-refractivity contribution is -0.384. The van der Waals surface area contributed by atoms with Crippen LogP contribution in [0.5, 0.6) is 11.5 Å². The molecule has 33 heavy (non-hydrogen) atoms. The van der Waals surface area contributed by atoms with Crippen LogP contribution in [0.1, 0.15) is 10.4 Å². The summed E-state index contributed by atoms with van der Waals surface area (Å²) in [7, 11) is 0. The maximum Gasteiger partial charge on any atom is 0.292 e. The van der Waals surface area contributed by atoms with Gasteiger partial charge in [0.15, 0.2) is 11.5 Å². The lowest BCUT2D eigenvalue weighted by Gasteiger charge is -2.37. The Morgan fingerprint density at radius 2 is 1.55 bits per heavy atom. The van der Waals surface area contributed by atoms with E-state index in [1.807, 2.05) is 15.9 Å². The number of ether oxygens (including phenoxy) is 3. The third-order valence-electron chi connectivity index (χ3n) is 6.23. The Labute approximate surface area is 191 Å². The van der Waals surface area contributed by atoms with Crippen molar-refractivity contribution in [3.8, 4) is 11.5 Å². The van der Waals surface area contributed by atoms with Crippen LogP contribution in [-0.2, 0) is 4.74 Å². The Morgan fingerprint density at radius 1 is 0.818 bits per heavy atom.